The van der Waals surface area contributed by atoms with Crippen molar-refractivity contribution in [3.05, 3.63) is 47.3 Å². The molecule has 1 amide bonds. The normalized spacial score (nSPS) is 13.3. The van der Waals surface area contributed by atoms with E-state index in [1.807, 2.05) is 24.3 Å². The van der Waals surface area contributed by atoms with Crippen molar-refractivity contribution in [1.29, 1.82) is 5.26 Å². The van der Waals surface area contributed by atoms with E-state index in [-0.39, 0.29) is 11.9 Å². The van der Waals surface area contributed by atoms with Crippen molar-refractivity contribution in [2.24, 2.45) is 0 Å². The van der Waals surface area contributed by atoms with E-state index in [9.17, 15) is 10.1 Å². The summed E-state index contributed by atoms with van der Waals surface area (Å²) in [6.45, 7) is 2.92. The van der Waals surface area contributed by atoms with E-state index in [2.05, 4.69) is 11.1 Å². The Balaban J connectivity index is 1.88. The molecule has 3 aromatic rings. The number of nitrogen functional groups attached to an aromatic ring is 1. The Hall–Kier alpha value is -3.53. The quantitative estimate of drug-likeness (QED) is 0.748. The molecule has 0 aliphatic carbocycles. The van der Waals surface area contributed by atoms with Gasteiger partial charge in [-0.05, 0) is 30.7 Å². The molecule has 7 nitrogen and oxygen atoms in total. The maximum absolute atomic E-state index is 12.2. The fourth-order valence-electron chi connectivity index (χ4n) is 3.50. The van der Waals surface area contributed by atoms with Gasteiger partial charge in [0, 0.05) is 29.5 Å². The van der Waals surface area contributed by atoms with Gasteiger partial charge in [-0.25, -0.2) is 9.78 Å². The van der Waals surface area contributed by atoms with Gasteiger partial charge in [0.25, 0.3) is 0 Å². The molecule has 3 heterocycles. The summed E-state index contributed by atoms with van der Waals surface area (Å²) in [5.74, 6) is 0.211. The van der Waals surface area contributed by atoms with Crippen molar-refractivity contribution in [2.45, 2.75) is 19.9 Å². The summed E-state index contributed by atoms with van der Waals surface area (Å²) in [7, 11) is 0. The van der Waals surface area contributed by atoms with Crippen molar-refractivity contribution in [1.82, 2.24) is 9.88 Å². The van der Waals surface area contributed by atoms with Gasteiger partial charge in [-0.3, -0.25) is 0 Å². The van der Waals surface area contributed by atoms with Crippen molar-refractivity contribution in [2.75, 3.05) is 18.9 Å². The molecule has 0 fully saturated rings. The predicted molar refractivity (Wildman–Crippen MR) is 99.7 cm³/mol. The lowest BCUT2D eigenvalue weighted by Gasteiger charge is -2.29. The third kappa shape index (κ3) is 2.85. The third-order valence-corrected chi connectivity index (χ3v) is 4.76. The number of nitrogens with two attached hydrogens (primary N) is 1. The van der Waals surface area contributed by atoms with Gasteiger partial charge in [0.15, 0.2) is 0 Å². The summed E-state index contributed by atoms with van der Waals surface area (Å²) >= 11 is 0. The van der Waals surface area contributed by atoms with E-state index in [0.717, 1.165) is 33.4 Å². The van der Waals surface area contributed by atoms with Crippen LogP contribution < -0.4 is 5.73 Å². The number of aromatic nitrogens is 1. The second kappa shape index (κ2) is 6.65. The number of furan rings is 1. The summed E-state index contributed by atoms with van der Waals surface area (Å²) < 4.78 is 10.5. The van der Waals surface area contributed by atoms with E-state index in [4.69, 9.17) is 14.9 Å². The SMILES string of the molecule is CCOC(=O)N1CCc2nc(N)c(C#N)c(-c3ccc4occc4c3)c2C1. The lowest BCUT2D eigenvalue weighted by Crippen LogP contribution is -2.37. The summed E-state index contributed by atoms with van der Waals surface area (Å²) in [4.78, 5) is 18.2. The van der Waals surface area contributed by atoms with Crippen LogP contribution in [0, 0.1) is 11.3 Å². The van der Waals surface area contributed by atoms with E-state index in [1.54, 1.807) is 18.1 Å². The average molecular weight is 362 g/mol. The Morgan fingerprint density at radius 3 is 3.07 bits per heavy atom. The van der Waals surface area contributed by atoms with Crippen LogP contribution in [-0.4, -0.2) is 29.1 Å². The summed E-state index contributed by atoms with van der Waals surface area (Å²) in [6.07, 6.45) is 1.82. The molecule has 0 bridgehead atoms. The number of nitriles is 1. The predicted octanol–water partition coefficient (Wildman–Crippen LogP) is 3.46. The number of carbonyl (C=O) groups excluding carboxylic acids is 1. The van der Waals surface area contributed by atoms with Crippen LogP contribution in [-0.2, 0) is 17.7 Å². The van der Waals surface area contributed by atoms with Gasteiger partial charge in [-0.1, -0.05) is 6.07 Å². The zero-order chi connectivity index (χ0) is 19.0. The van der Waals surface area contributed by atoms with Gasteiger partial charge < -0.3 is 19.8 Å². The van der Waals surface area contributed by atoms with Crippen molar-refractivity contribution < 1.29 is 13.9 Å². The molecule has 1 aromatic carbocycles. The van der Waals surface area contributed by atoms with Crippen molar-refractivity contribution in [3.8, 4) is 17.2 Å². The molecular weight excluding hydrogens is 344 g/mol. The first-order valence-corrected chi connectivity index (χ1v) is 8.73. The maximum atomic E-state index is 12.2. The van der Waals surface area contributed by atoms with Gasteiger partial charge >= 0.3 is 6.09 Å². The molecule has 0 atom stereocenters. The zero-order valence-corrected chi connectivity index (χ0v) is 14.9. The second-order valence-corrected chi connectivity index (χ2v) is 6.33. The molecule has 2 aromatic heterocycles. The Kier molecular flexibility index (Phi) is 4.16. The van der Waals surface area contributed by atoms with E-state index in [0.29, 0.717) is 31.7 Å². The largest absolute Gasteiger partial charge is 0.464 e. The number of amides is 1. The number of anilines is 1. The number of pyridine rings is 1. The number of benzene rings is 1. The molecule has 0 unspecified atom stereocenters. The Morgan fingerprint density at radius 2 is 2.30 bits per heavy atom. The van der Waals surface area contributed by atoms with Crippen LogP contribution >= 0.6 is 0 Å². The molecule has 0 spiro atoms. The molecule has 4 rings (SSSR count). The highest BCUT2D eigenvalue weighted by atomic mass is 16.6. The van der Waals surface area contributed by atoms with E-state index in [1.165, 1.54) is 0 Å². The minimum atomic E-state index is -0.366. The van der Waals surface area contributed by atoms with Gasteiger partial charge in [0.2, 0.25) is 0 Å². The van der Waals surface area contributed by atoms with E-state index < -0.39 is 0 Å². The van der Waals surface area contributed by atoms with Crippen LogP contribution in [0.4, 0.5) is 10.6 Å². The number of carbonyl (C=O) groups is 1. The van der Waals surface area contributed by atoms with Gasteiger partial charge in [0.1, 0.15) is 23.0 Å². The summed E-state index contributed by atoms with van der Waals surface area (Å²) in [5.41, 5.74) is 10.4. The van der Waals surface area contributed by atoms with Gasteiger partial charge in [-0.15, -0.1) is 0 Å². The number of fused-ring (bicyclic) bond motifs is 2. The Morgan fingerprint density at radius 1 is 1.44 bits per heavy atom. The highest BCUT2D eigenvalue weighted by Gasteiger charge is 2.28. The van der Waals surface area contributed by atoms with E-state index >= 15 is 0 Å². The third-order valence-electron chi connectivity index (χ3n) is 4.76. The lowest BCUT2D eigenvalue weighted by molar-refractivity contribution is 0.102. The molecule has 7 heteroatoms. The molecule has 1 aliphatic rings. The standard InChI is InChI=1S/C20H18N4O3/c1-2-26-20(25)24-7-5-16-15(11-24)18(14(10-21)19(22)23-16)13-3-4-17-12(9-13)6-8-27-17/h3-4,6,8-9H,2,5,7,11H2,1H3,(H2,22,23). The number of rotatable bonds is 2. The first kappa shape index (κ1) is 16.9. The molecule has 1 aliphatic heterocycles. The molecule has 136 valence electrons. The van der Waals surface area contributed by atoms with Crippen LogP contribution in [0.25, 0.3) is 22.1 Å². The van der Waals surface area contributed by atoms with Gasteiger partial charge in [0.05, 0.1) is 25.1 Å². The zero-order valence-electron chi connectivity index (χ0n) is 14.9. The first-order valence-electron chi connectivity index (χ1n) is 8.73. The van der Waals surface area contributed by atoms with Crippen molar-refractivity contribution >= 4 is 22.9 Å². The smallest absolute Gasteiger partial charge is 0.410 e. The fraction of sp³-hybridized carbons (Fsp3) is 0.250. The Labute approximate surface area is 156 Å². The van der Waals surface area contributed by atoms with Gasteiger partial charge in [-0.2, -0.15) is 5.26 Å². The average Bonchev–Trinajstić information content (AvgIpc) is 3.14. The number of ether oxygens (including phenoxy) is 1. The fourth-order valence-corrected chi connectivity index (χ4v) is 3.50. The molecule has 27 heavy (non-hydrogen) atoms. The monoisotopic (exact) mass is 362 g/mol. The number of nitrogens with zero attached hydrogens (tertiary/aromatic N) is 3. The lowest BCUT2D eigenvalue weighted by atomic mass is 9.90. The topological polar surface area (TPSA) is 105 Å². The Bertz CT molecular complexity index is 1080. The van der Waals surface area contributed by atoms with Crippen LogP contribution in [0.3, 0.4) is 0 Å². The van der Waals surface area contributed by atoms with Crippen LogP contribution in [0.5, 0.6) is 0 Å². The highest BCUT2D eigenvalue weighted by Crippen LogP contribution is 2.36. The highest BCUT2D eigenvalue weighted by molar-refractivity contribution is 5.87. The van der Waals surface area contributed by atoms with Crippen LogP contribution in [0.1, 0.15) is 23.7 Å². The molecule has 0 saturated carbocycles. The summed E-state index contributed by atoms with van der Waals surface area (Å²) in [6, 6.07) is 9.76. The van der Waals surface area contributed by atoms with Crippen LogP contribution in [0.15, 0.2) is 34.9 Å². The van der Waals surface area contributed by atoms with Crippen molar-refractivity contribution in [3.63, 3.8) is 0 Å². The molecule has 2 N–H and O–H groups in total. The minimum Gasteiger partial charge on any atom is -0.464 e. The van der Waals surface area contributed by atoms with Crippen LogP contribution in [0.2, 0.25) is 0 Å². The second-order valence-electron chi connectivity index (χ2n) is 6.33. The minimum absolute atomic E-state index is 0.211. The number of hydrogen-bond donors (Lipinski definition) is 1. The number of hydrogen-bond acceptors (Lipinski definition) is 6. The molecule has 0 saturated heterocycles. The summed E-state index contributed by atoms with van der Waals surface area (Å²) in [5, 5.41) is 10.6. The molecule has 0 radical (unpaired) electrons. The maximum Gasteiger partial charge on any atom is 0.410 e. The molecular formula is C20H18N4O3. The first-order chi connectivity index (χ1) is 13.1.